The van der Waals surface area contributed by atoms with Crippen LogP contribution in [0.5, 0.6) is 0 Å². The van der Waals surface area contributed by atoms with Gasteiger partial charge in [0.2, 0.25) is 0 Å². The molecule has 0 aromatic carbocycles. The molecule has 35 heavy (non-hydrogen) atoms. The lowest BCUT2D eigenvalue weighted by molar-refractivity contribution is -0.138. The van der Waals surface area contributed by atoms with E-state index in [1.807, 2.05) is 4.98 Å². The van der Waals surface area contributed by atoms with Crippen molar-refractivity contribution in [2.24, 2.45) is 5.73 Å². The molecular formula is C12H20N3O17P3. The summed E-state index contributed by atoms with van der Waals surface area (Å²) in [6.45, 7) is -1.74. The van der Waals surface area contributed by atoms with E-state index >= 15 is 0 Å². The van der Waals surface area contributed by atoms with Gasteiger partial charge in [-0.25, -0.2) is 18.5 Å². The van der Waals surface area contributed by atoms with Crippen molar-refractivity contribution in [1.29, 1.82) is 0 Å². The van der Waals surface area contributed by atoms with E-state index in [4.69, 9.17) is 30.3 Å². The number of nitrogens with one attached hydrogen (secondary N) is 1. The summed E-state index contributed by atoms with van der Waals surface area (Å²) in [5, 5.41) is 29.2. The third-order valence-corrected chi connectivity index (χ3v) is 8.04. The summed E-state index contributed by atoms with van der Waals surface area (Å²) >= 11 is 0. The molecule has 0 bridgehead atoms. The Labute approximate surface area is 192 Å². The van der Waals surface area contributed by atoms with Crippen LogP contribution in [0, 0.1) is 0 Å². The van der Waals surface area contributed by atoms with E-state index in [1.54, 1.807) is 0 Å². The fraction of sp³-hybridized carbons (Fsp3) is 0.583. The number of aromatic nitrogens is 2. The van der Waals surface area contributed by atoms with Crippen molar-refractivity contribution in [3.8, 4) is 0 Å². The fourth-order valence-corrected chi connectivity index (χ4v) is 5.80. The number of carboxylic acid groups (broad SMARTS) is 1. The van der Waals surface area contributed by atoms with Crippen LogP contribution in [0.1, 0.15) is 11.7 Å². The third-order valence-electron chi connectivity index (χ3n) is 4.24. The van der Waals surface area contributed by atoms with E-state index < -0.39 is 89.9 Å². The number of phosphoric acid groups is 3. The van der Waals surface area contributed by atoms with Crippen LogP contribution in [0.25, 0.3) is 0 Å². The number of nitrogens with two attached hydrogens (primary N) is 1. The molecule has 1 aliphatic rings. The Kier molecular flexibility index (Phi) is 9.14. The number of carbonyl (C=O) groups is 1. The minimum atomic E-state index is -5.80. The Balaban J connectivity index is 2.17. The number of aromatic amines is 1. The van der Waals surface area contributed by atoms with Crippen molar-refractivity contribution in [3.63, 3.8) is 0 Å². The Hall–Kier alpha value is -1.60. The topological polar surface area (TPSA) is 328 Å². The Bertz CT molecular complexity index is 1210. The van der Waals surface area contributed by atoms with Crippen LogP contribution in [-0.4, -0.2) is 81.4 Å². The van der Waals surface area contributed by atoms with E-state index in [-0.39, 0.29) is 0 Å². The fourth-order valence-electron chi connectivity index (χ4n) is 2.77. The van der Waals surface area contributed by atoms with Crippen molar-refractivity contribution in [1.82, 2.24) is 9.55 Å². The number of aliphatic carboxylic acids is 1. The Morgan fingerprint density at radius 3 is 2.26 bits per heavy atom. The van der Waals surface area contributed by atoms with E-state index in [2.05, 4.69) is 13.1 Å². The number of hydrogen-bond acceptors (Lipinski definition) is 13. The van der Waals surface area contributed by atoms with E-state index in [9.17, 15) is 43.2 Å². The summed E-state index contributed by atoms with van der Waals surface area (Å²) in [6, 6.07) is -1.55. The van der Waals surface area contributed by atoms with Gasteiger partial charge < -0.3 is 45.4 Å². The van der Waals surface area contributed by atoms with Gasteiger partial charge in [0.15, 0.2) is 0 Å². The van der Waals surface area contributed by atoms with E-state index in [0.717, 1.165) is 6.20 Å². The summed E-state index contributed by atoms with van der Waals surface area (Å²) < 4.78 is 51.0. The minimum Gasteiger partial charge on any atom is -0.480 e. The SMILES string of the molecule is NC(Cn1cc([C@@H]2O[C@H](COP(=O)(O)OP(=O)(O)OP(=O)(O)O)[C@@H](O)[C@H]2O)c(=O)[nH]c1=O)C(=O)O. The number of nitrogens with zero attached hydrogens (tertiary/aromatic N) is 1. The molecule has 0 amide bonds. The molecule has 10 N–H and O–H groups in total. The maximum Gasteiger partial charge on any atom is 0.490 e. The molecule has 0 aliphatic carbocycles. The number of carboxylic acids is 1. The second kappa shape index (κ2) is 10.8. The van der Waals surface area contributed by atoms with Crippen LogP contribution < -0.4 is 17.0 Å². The lowest BCUT2D eigenvalue weighted by atomic mass is 10.0. The van der Waals surface area contributed by atoms with Crippen LogP contribution in [0.3, 0.4) is 0 Å². The van der Waals surface area contributed by atoms with Crippen LogP contribution in [0.2, 0.25) is 0 Å². The zero-order chi connectivity index (χ0) is 26.9. The molecule has 1 aromatic heterocycles. The second-order valence-corrected chi connectivity index (χ2v) is 11.3. The van der Waals surface area contributed by atoms with E-state index in [0.29, 0.717) is 4.57 Å². The molecule has 1 aromatic rings. The zero-order valence-corrected chi connectivity index (χ0v) is 19.6. The number of ether oxygens (including phenoxy) is 1. The summed E-state index contributed by atoms with van der Waals surface area (Å²) in [5.41, 5.74) is 2.72. The first kappa shape index (κ1) is 29.6. The molecule has 1 aliphatic heterocycles. The maximum atomic E-state index is 12.2. The van der Waals surface area contributed by atoms with Crippen LogP contribution >= 0.6 is 23.5 Å². The molecule has 0 spiro atoms. The van der Waals surface area contributed by atoms with Crippen molar-refractivity contribution >= 4 is 29.4 Å². The highest BCUT2D eigenvalue weighted by atomic mass is 31.3. The van der Waals surface area contributed by atoms with Crippen LogP contribution in [0.4, 0.5) is 0 Å². The highest BCUT2D eigenvalue weighted by Crippen LogP contribution is 2.66. The molecule has 0 radical (unpaired) electrons. The van der Waals surface area contributed by atoms with E-state index in [1.165, 1.54) is 0 Å². The second-order valence-electron chi connectivity index (χ2n) is 6.90. The number of aliphatic hydroxyl groups excluding tert-OH is 2. The maximum absolute atomic E-state index is 12.2. The van der Waals surface area contributed by atoms with Gasteiger partial charge in [0.25, 0.3) is 5.56 Å². The molecule has 0 saturated carbocycles. The van der Waals surface area contributed by atoms with Gasteiger partial charge in [-0.1, -0.05) is 0 Å². The molecule has 1 fully saturated rings. The smallest absolute Gasteiger partial charge is 0.480 e. The average molecular weight is 571 g/mol. The summed E-state index contributed by atoms with van der Waals surface area (Å²) in [6.07, 6.45) is -6.37. The minimum absolute atomic E-state index is 0.477. The third kappa shape index (κ3) is 8.21. The predicted octanol–water partition coefficient (Wildman–Crippen LogP) is -3.55. The number of hydrogen-bond donors (Lipinski definition) is 9. The lowest BCUT2D eigenvalue weighted by Crippen LogP contribution is -2.41. The summed E-state index contributed by atoms with van der Waals surface area (Å²) in [7, 11) is -17.0. The largest absolute Gasteiger partial charge is 0.490 e. The van der Waals surface area contributed by atoms with Gasteiger partial charge in [-0.05, 0) is 0 Å². The van der Waals surface area contributed by atoms with Gasteiger partial charge >= 0.3 is 35.1 Å². The van der Waals surface area contributed by atoms with Gasteiger partial charge in [0, 0.05) is 6.20 Å². The lowest BCUT2D eigenvalue weighted by Gasteiger charge is -2.19. The molecule has 2 rings (SSSR count). The zero-order valence-electron chi connectivity index (χ0n) is 17.0. The van der Waals surface area contributed by atoms with Crippen molar-refractivity contribution in [2.45, 2.75) is 37.0 Å². The molecular weight excluding hydrogens is 551 g/mol. The van der Waals surface area contributed by atoms with Crippen LogP contribution in [0.15, 0.2) is 15.8 Å². The van der Waals surface area contributed by atoms with Gasteiger partial charge in [-0.3, -0.25) is 23.7 Å². The number of rotatable bonds is 11. The summed E-state index contributed by atoms with van der Waals surface area (Å²) in [4.78, 5) is 72.4. The van der Waals surface area contributed by atoms with Gasteiger partial charge in [0.05, 0.1) is 18.7 Å². The highest BCUT2D eigenvalue weighted by molar-refractivity contribution is 7.66. The highest BCUT2D eigenvalue weighted by Gasteiger charge is 2.47. The van der Waals surface area contributed by atoms with Crippen molar-refractivity contribution < 1.29 is 71.3 Å². The predicted molar refractivity (Wildman–Crippen MR) is 106 cm³/mol. The Morgan fingerprint density at radius 2 is 1.71 bits per heavy atom. The molecule has 23 heteroatoms. The van der Waals surface area contributed by atoms with Crippen LogP contribution in [-0.2, 0) is 42.9 Å². The monoisotopic (exact) mass is 571 g/mol. The molecule has 1 saturated heterocycles. The molecule has 2 heterocycles. The van der Waals surface area contributed by atoms with Crippen molar-refractivity contribution in [3.05, 3.63) is 32.6 Å². The van der Waals surface area contributed by atoms with Gasteiger partial charge in [-0.2, -0.15) is 8.62 Å². The molecule has 3 unspecified atom stereocenters. The van der Waals surface area contributed by atoms with Gasteiger partial charge in [-0.15, -0.1) is 0 Å². The van der Waals surface area contributed by atoms with Gasteiger partial charge in [0.1, 0.15) is 30.5 Å². The Morgan fingerprint density at radius 1 is 1.11 bits per heavy atom. The number of phosphoric ester groups is 1. The molecule has 200 valence electrons. The average Bonchev–Trinajstić information content (AvgIpc) is 2.93. The standard InChI is InChI=1S/C12H20N3O17P3/c13-5(11(19)20)2-15-1-4(10(18)14-12(15)21)9-8(17)7(16)6(30-9)3-29-34(25,26)32-35(27,28)31-33(22,23)24/h1,5-9,16-17H,2-3,13H2,(H,19,20)(H,25,26)(H,27,28)(H,14,18,21)(H2,22,23,24)/t5?,6-,7-,8-,9+/m1/s1. The van der Waals surface area contributed by atoms with Crippen molar-refractivity contribution in [2.75, 3.05) is 6.61 Å². The summed E-state index contributed by atoms with van der Waals surface area (Å²) in [5.74, 6) is -1.47. The number of aliphatic hydroxyl groups is 2. The molecule has 7 atom stereocenters. The normalized spacial score (nSPS) is 27.2. The number of H-pyrrole nitrogens is 1. The molecule has 20 nitrogen and oxygen atoms in total. The quantitative estimate of drug-likeness (QED) is 0.116. The first-order valence-electron chi connectivity index (χ1n) is 8.94. The first-order valence-corrected chi connectivity index (χ1v) is 13.5. The first-order chi connectivity index (χ1) is 15.8.